The molecule has 0 heterocycles. The van der Waals surface area contributed by atoms with E-state index in [1.54, 1.807) is 0 Å². The molecule has 17 heavy (non-hydrogen) atoms. The summed E-state index contributed by atoms with van der Waals surface area (Å²) in [4.78, 5) is 41.6. The van der Waals surface area contributed by atoms with E-state index in [2.05, 4.69) is 14.2 Å². The van der Waals surface area contributed by atoms with Crippen molar-refractivity contribution < 1.29 is 43.6 Å². The number of hydrogen-bond acceptors (Lipinski definition) is 7. The Hall–Kier alpha value is -2.00. The second-order valence-corrected chi connectivity index (χ2v) is 2.62. The molecule has 0 aromatic carbocycles. The van der Waals surface area contributed by atoms with Crippen molar-refractivity contribution in [1.29, 1.82) is 0 Å². The van der Waals surface area contributed by atoms with Crippen LogP contribution in [-0.2, 0) is 33.4 Å². The van der Waals surface area contributed by atoms with E-state index < -0.39 is 50.3 Å². The number of carbonyl (C=O) groups excluding carboxylic acids is 2. The van der Waals surface area contributed by atoms with Crippen LogP contribution in [0.4, 0.5) is 0 Å². The van der Waals surface area contributed by atoms with Gasteiger partial charge in [-0.05, 0) is 0 Å². The first-order valence-corrected chi connectivity index (χ1v) is 4.24. The summed E-state index contributed by atoms with van der Waals surface area (Å²) >= 11 is 0. The normalized spacial score (nSPS) is 9.65. The summed E-state index contributed by atoms with van der Waals surface area (Å²) in [7, 11) is 0. The molecule has 96 valence electrons. The van der Waals surface area contributed by atoms with Gasteiger partial charge in [-0.25, -0.2) is 19.2 Å². The van der Waals surface area contributed by atoms with Crippen molar-refractivity contribution in [3.8, 4) is 0 Å². The smallest absolute Gasteiger partial charge is 0.339 e. The molecular formula is C8H10O9. The minimum absolute atomic E-state index is 0.696. The third-order valence-corrected chi connectivity index (χ3v) is 1.12. The highest BCUT2D eigenvalue weighted by Crippen LogP contribution is 1.86. The van der Waals surface area contributed by atoms with Crippen molar-refractivity contribution in [3.05, 3.63) is 0 Å². The maximum Gasteiger partial charge on any atom is 0.339 e. The molecule has 0 aliphatic heterocycles. The van der Waals surface area contributed by atoms with Gasteiger partial charge in [-0.2, -0.15) is 0 Å². The van der Waals surface area contributed by atoms with E-state index in [9.17, 15) is 19.2 Å². The molecule has 0 saturated heterocycles. The first-order chi connectivity index (χ1) is 7.91. The Morgan fingerprint density at radius 1 is 0.706 bits per heavy atom. The van der Waals surface area contributed by atoms with Gasteiger partial charge in [-0.1, -0.05) is 0 Å². The van der Waals surface area contributed by atoms with E-state index in [1.807, 2.05) is 0 Å². The van der Waals surface area contributed by atoms with E-state index in [4.69, 9.17) is 10.2 Å². The molecule has 0 unspecified atom stereocenters. The summed E-state index contributed by atoms with van der Waals surface area (Å²) in [6.07, 6.45) is 0. The van der Waals surface area contributed by atoms with Crippen LogP contribution >= 0.6 is 0 Å². The van der Waals surface area contributed by atoms with Gasteiger partial charge >= 0.3 is 23.9 Å². The van der Waals surface area contributed by atoms with Crippen LogP contribution in [0.5, 0.6) is 0 Å². The van der Waals surface area contributed by atoms with Gasteiger partial charge in [0.1, 0.15) is 26.4 Å². The molecule has 9 nitrogen and oxygen atoms in total. The zero-order valence-corrected chi connectivity index (χ0v) is 8.58. The Kier molecular flexibility index (Phi) is 7.22. The highest BCUT2D eigenvalue weighted by molar-refractivity contribution is 5.86. The SMILES string of the molecule is O=C(O)COCC(=O)OC(=O)COCC(=O)O. The Balaban J connectivity index is 3.62. The van der Waals surface area contributed by atoms with Crippen molar-refractivity contribution in [1.82, 2.24) is 0 Å². The number of carboxylic acid groups (broad SMARTS) is 2. The fourth-order valence-corrected chi connectivity index (χ4v) is 0.629. The molecule has 0 fully saturated rings. The van der Waals surface area contributed by atoms with E-state index in [-0.39, 0.29) is 0 Å². The van der Waals surface area contributed by atoms with Crippen molar-refractivity contribution in [2.45, 2.75) is 0 Å². The zero-order valence-electron chi connectivity index (χ0n) is 8.58. The third-order valence-electron chi connectivity index (χ3n) is 1.12. The topological polar surface area (TPSA) is 136 Å². The molecule has 9 heteroatoms. The summed E-state index contributed by atoms with van der Waals surface area (Å²) in [5, 5.41) is 16.3. The fourth-order valence-electron chi connectivity index (χ4n) is 0.629. The standard InChI is InChI=1S/C8H10O9/c9-5(10)1-15-3-7(13)17-8(14)4-16-2-6(11)12/h1-4H2,(H,9,10)(H,11,12). The van der Waals surface area contributed by atoms with Crippen LogP contribution in [0.3, 0.4) is 0 Å². The Bertz CT molecular complexity index is 278. The van der Waals surface area contributed by atoms with E-state index in [1.165, 1.54) is 0 Å². The van der Waals surface area contributed by atoms with Crippen LogP contribution in [0.25, 0.3) is 0 Å². The van der Waals surface area contributed by atoms with Gasteiger partial charge in [0.15, 0.2) is 0 Å². The quantitative estimate of drug-likeness (QED) is 0.379. The molecule has 0 aromatic heterocycles. The van der Waals surface area contributed by atoms with Gasteiger partial charge in [0, 0.05) is 0 Å². The van der Waals surface area contributed by atoms with Gasteiger partial charge in [0.05, 0.1) is 0 Å². The number of rotatable bonds is 8. The van der Waals surface area contributed by atoms with Gasteiger partial charge in [0.2, 0.25) is 0 Å². The average Bonchev–Trinajstić information content (AvgIpc) is 2.15. The lowest BCUT2D eigenvalue weighted by molar-refractivity contribution is -0.166. The summed E-state index contributed by atoms with van der Waals surface area (Å²) in [5.41, 5.74) is 0. The minimum atomic E-state index is -1.27. The highest BCUT2D eigenvalue weighted by Gasteiger charge is 2.12. The molecular weight excluding hydrogens is 240 g/mol. The fraction of sp³-hybridized carbons (Fsp3) is 0.500. The van der Waals surface area contributed by atoms with E-state index in [0.29, 0.717) is 0 Å². The van der Waals surface area contributed by atoms with Crippen LogP contribution in [-0.4, -0.2) is 60.5 Å². The van der Waals surface area contributed by atoms with Gasteiger partial charge in [-0.3, -0.25) is 0 Å². The van der Waals surface area contributed by atoms with E-state index in [0.717, 1.165) is 0 Å². The molecule has 2 N–H and O–H groups in total. The summed E-state index contributed by atoms with van der Waals surface area (Å²) in [5.74, 6) is -4.71. The first-order valence-electron chi connectivity index (χ1n) is 4.24. The van der Waals surface area contributed by atoms with Crippen molar-refractivity contribution in [3.63, 3.8) is 0 Å². The maximum absolute atomic E-state index is 10.8. The predicted molar refractivity (Wildman–Crippen MR) is 48.0 cm³/mol. The second-order valence-electron chi connectivity index (χ2n) is 2.62. The molecule has 0 aliphatic rings. The number of carboxylic acids is 2. The van der Waals surface area contributed by atoms with Crippen LogP contribution in [0, 0.1) is 0 Å². The zero-order chi connectivity index (χ0) is 13.3. The minimum Gasteiger partial charge on any atom is -0.480 e. The van der Waals surface area contributed by atoms with Crippen LogP contribution in [0.15, 0.2) is 0 Å². The summed E-state index contributed by atoms with van der Waals surface area (Å²) in [6.45, 7) is -2.79. The number of esters is 2. The maximum atomic E-state index is 10.8. The van der Waals surface area contributed by atoms with Crippen molar-refractivity contribution >= 4 is 23.9 Å². The van der Waals surface area contributed by atoms with Crippen molar-refractivity contribution in [2.75, 3.05) is 26.4 Å². The molecule has 0 saturated carbocycles. The number of hydrogen-bond donors (Lipinski definition) is 2. The third kappa shape index (κ3) is 10.3. The lowest BCUT2D eigenvalue weighted by Gasteiger charge is -2.03. The van der Waals surface area contributed by atoms with Crippen LogP contribution < -0.4 is 0 Å². The molecule has 0 amide bonds. The Morgan fingerprint density at radius 2 is 1.06 bits per heavy atom. The number of aliphatic carboxylic acids is 2. The molecule has 0 rings (SSSR count). The van der Waals surface area contributed by atoms with Crippen LogP contribution in [0.1, 0.15) is 0 Å². The molecule has 0 atom stereocenters. The monoisotopic (exact) mass is 250 g/mol. The van der Waals surface area contributed by atoms with Crippen LogP contribution in [0.2, 0.25) is 0 Å². The predicted octanol–water partition coefficient (Wildman–Crippen LogP) is -1.74. The van der Waals surface area contributed by atoms with Crippen molar-refractivity contribution in [2.24, 2.45) is 0 Å². The van der Waals surface area contributed by atoms with Gasteiger partial charge < -0.3 is 24.4 Å². The summed E-state index contributed by atoms with van der Waals surface area (Å²) < 4.78 is 12.8. The number of ether oxygens (including phenoxy) is 3. The lowest BCUT2D eigenvalue weighted by Crippen LogP contribution is -2.23. The highest BCUT2D eigenvalue weighted by atomic mass is 16.6. The van der Waals surface area contributed by atoms with Gasteiger partial charge in [-0.15, -0.1) is 0 Å². The number of carbonyl (C=O) groups is 4. The lowest BCUT2D eigenvalue weighted by atomic mass is 10.6. The Labute approximate surface area is 94.9 Å². The molecule has 0 spiro atoms. The molecule has 0 aliphatic carbocycles. The van der Waals surface area contributed by atoms with E-state index >= 15 is 0 Å². The second kappa shape index (κ2) is 8.19. The molecule has 0 bridgehead atoms. The summed E-state index contributed by atoms with van der Waals surface area (Å²) in [6, 6.07) is 0. The first kappa shape index (κ1) is 15.0. The molecule has 0 aromatic rings. The molecule has 0 radical (unpaired) electrons. The Morgan fingerprint density at radius 3 is 1.35 bits per heavy atom. The average molecular weight is 250 g/mol. The largest absolute Gasteiger partial charge is 0.480 e. The van der Waals surface area contributed by atoms with Gasteiger partial charge in [0.25, 0.3) is 0 Å².